The van der Waals surface area contributed by atoms with Gasteiger partial charge in [-0.25, -0.2) is 4.99 Å². The fourth-order valence-corrected chi connectivity index (χ4v) is 5.65. The number of rotatable bonds is 4. The summed E-state index contributed by atoms with van der Waals surface area (Å²) in [6.45, 7) is 4.15. The lowest BCUT2D eigenvalue weighted by Gasteiger charge is -2.42. The van der Waals surface area contributed by atoms with Crippen molar-refractivity contribution in [1.29, 1.82) is 0 Å². The Hall–Kier alpha value is -3.64. The zero-order valence-corrected chi connectivity index (χ0v) is 23.6. The van der Waals surface area contributed by atoms with Gasteiger partial charge in [-0.05, 0) is 36.4 Å². The number of piperazine rings is 1. The maximum atomic E-state index is 13.6. The Balaban J connectivity index is 0.000000867. The molecule has 214 valence electrons. The molecule has 5 rings (SSSR count). The van der Waals surface area contributed by atoms with E-state index in [-0.39, 0.29) is 0 Å². The average Bonchev–Trinajstić information content (AvgIpc) is 3.30. The summed E-state index contributed by atoms with van der Waals surface area (Å²) < 4.78 is 52.2. The van der Waals surface area contributed by atoms with Crippen molar-refractivity contribution < 1.29 is 32.5 Å². The molecule has 0 spiro atoms. The number of benzene rings is 2. The lowest BCUT2D eigenvalue weighted by Crippen LogP contribution is -2.54. The minimum absolute atomic E-state index is 0.316. The van der Waals surface area contributed by atoms with Gasteiger partial charge in [0.05, 0.1) is 46.9 Å². The number of hydrogen-bond donors (Lipinski definition) is 1. The first kappa shape index (κ1) is 29.3. The molecule has 2 aromatic carbocycles. The third-order valence-corrected chi connectivity index (χ3v) is 7.54. The number of carbonyl (C=O) groups is 1. The van der Waals surface area contributed by atoms with E-state index >= 15 is 0 Å². The Morgan fingerprint density at radius 2 is 1.70 bits per heavy atom. The van der Waals surface area contributed by atoms with Crippen LogP contribution >= 0.6 is 22.9 Å². The van der Waals surface area contributed by atoms with E-state index in [1.807, 2.05) is 24.3 Å². The molecule has 40 heavy (non-hydrogen) atoms. The normalized spacial score (nSPS) is 15.1. The highest BCUT2D eigenvalue weighted by Gasteiger charge is 2.35. The molecule has 2 aliphatic rings. The van der Waals surface area contributed by atoms with Crippen molar-refractivity contribution in [2.75, 3.05) is 50.2 Å². The Morgan fingerprint density at radius 3 is 2.33 bits per heavy atom. The topological polar surface area (TPSA) is 77.8 Å². The summed E-state index contributed by atoms with van der Waals surface area (Å²) in [5.74, 6) is 0.882. The van der Waals surface area contributed by atoms with Gasteiger partial charge in [-0.3, -0.25) is 4.79 Å². The standard InChI is InChI=1S/C25H24ClF3N4O2S.C2H4O2/c1-34-18-5-3-4-17(13-18)31-8-10-32(11-9-31)24-30-19-14-23(26)36-22(19)15-33(24)20-12-16(25(27,28)29)6-7-21(20)35-2;1-2(3)4/h3-7,12-14H,8-11,15H2,1-2H3;1H3,(H,3,4). The molecular weight excluding hydrogens is 569 g/mol. The molecule has 2 aliphatic heterocycles. The summed E-state index contributed by atoms with van der Waals surface area (Å²) in [4.78, 5) is 20.9. The maximum absolute atomic E-state index is 13.6. The first-order chi connectivity index (χ1) is 19.0. The van der Waals surface area contributed by atoms with Crippen LogP contribution in [0.1, 0.15) is 17.4 Å². The highest BCUT2D eigenvalue weighted by molar-refractivity contribution is 7.16. The monoisotopic (exact) mass is 596 g/mol. The van der Waals surface area contributed by atoms with E-state index in [0.29, 0.717) is 41.4 Å². The Kier molecular flexibility index (Phi) is 8.99. The van der Waals surface area contributed by atoms with Gasteiger partial charge in [0.15, 0.2) is 0 Å². The quantitative estimate of drug-likeness (QED) is 0.376. The molecule has 3 heterocycles. The second-order valence-electron chi connectivity index (χ2n) is 8.94. The third kappa shape index (κ3) is 6.73. The molecule has 1 N–H and O–H groups in total. The molecule has 0 unspecified atom stereocenters. The van der Waals surface area contributed by atoms with Crippen molar-refractivity contribution in [3.05, 3.63) is 63.3 Å². The van der Waals surface area contributed by atoms with Gasteiger partial charge in [-0.1, -0.05) is 17.7 Å². The van der Waals surface area contributed by atoms with Crippen LogP contribution in [0.4, 0.5) is 30.2 Å². The summed E-state index contributed by atoms with van der Waals surface area (Å²) >= 11 is 7.64. The highest BCUT2D eigenvalue weighted by Crippen LogP contribution is 2.43. The molecule has 13 heteroatoms. The minimum atomic E-state index is -4.48. The van der Waals surface area contributed by atoms with Gasteiger partial charge >= 0.3 is 6.18 Å². The van der Waals surface area contributed by atoms with Crippen LogP contribution in [0.15, 0.2) is 53.5 Å². The van der Waals surface area contributed by atoms with Crippen LogP contribution in [0.5, 0.6) is 11.5 Å². The average molecular weight is 597 g/mol. The number of nitrogens with zero attached hydrogens (tertiary/aromatic N) is 4. The lowest BCUT2D eigenvalue weighted by molar-refractivity contribution is -0.137. The van der Waals surface area contributed by atoms with Gasteiger partial charge in [0.1, 0.15) is 11.5 Å². The molecule has 3 aromatic rings. The summed E-state index contributed by atoms with van der Waals surface area (Å²) in [6, 6.07) is 13.2. The number of hydrogen-bond acceptors (Lipinski definition) is 8. The molecule has 1 aromatic heterocycles. The number of anilines is 2. The van der Waals surface area contributed by atoms with Crippen molar-refractivity contribution in [3.8, 4) is 11.5 Å². The summed E-state index contributed by atoms with van der Waals surface area (Å²) in [7, 11) is 3.09. The van der Waals surface area contributed by atoms with E-state index in [0.717, 1.165) is 54.1 Å². The fraction of sp³-hybridized carbons (Fsp3) is 0.333. The van der Waals surface area contributed by atoms with Crippen molar-refractivity contribution >= 4 is 51.9 Å². The van der Waals surface area contributed by atoms with Crippen LogP contribution in [0, 0.1) is 0 Å². The Labute approximate surface area is 238 Å². The summed E-state index contributed by atoms with van der Waals surface area (Å²) in [6.07, 6.45) is -4.48. The van der Waals surface area contributed by atoms with E-state index in [2.05, 4.69) is 9.80 Å². The largest absolute Gasteiger partial charge is 0.497 e. The van der Waals surface area contributed by atoms with Gasteiger partial charge < -0.3 is 29.3 Å². The lowest BCUT2D eigenvalue weighted by atomic mass is 10.1. The van der Waals surface area contributed by atoms with Gasteiger partial charge in [0, 0.05) is 44.9 Å². The number of thiophene rings is 1. The zero-order valence-electron chi connectivity index (χ0n) is 22.0. The number of ether oxygens (including phenoxy) is 2. The second kappa shape index (κ2) is 12.3. The second-order valence-corrected chi connectivity index (χ2v) is 10.7. The first-order valence-corrected chi connectivity index (χ1v) is 13.4. The van der Waals surface area contributed by atoms with Crippen molar-refractivity contribution in [2.45, 2.75) is 19.6 Å². The van der Waals surface area contributed by atoms with Crippen LogP contribution in [0.2, 0.25) is 4.34 Å². The fourth-order valence-electron chi connectivity index (χ4n) is 4.46. The summed E-state index contributed by atoms with van der Waals surface area (Å²) in [5, 5.41) is 7.42. The molecule has 0 atom stereocenters. The minimum Gasteiger partial charge on any atom is -0.497 e. The van der Waals surface area contributed by atoms with Crippen LogP contribution in [0.25, 0.3) is 0 Å². The smallest absolute Gasteiger partial charge is 0.416 e. The number of alkyl halides is 3. The SMILES string of the molecule is CC(=O)O.COc1cccc(N2CCN(C3=Nc4cc(Cl)sc4CN3c3cc(C(F)(F)F)ccc3OC)CC2)c1. The van der Waals surface area contributed by atoms with Crippen molar-refractivity contribution in [2.24, 2.45) is 4.99 Å². The Bertz CT molecular complexity index is 1390. The van der Waals surface area contributed by atoms with Gasteiger partial charge in [0.25, 0.3) is 5.97 Å². The number of halogens is 4. The van der Waals surface area contributed by atoms with E-state index in [1.165, 1.54) is 24.5 Å². The van der Waals surface area contributed by atoms with Crippen molar-refractivity contribution in [3.63, 3.8) is 0 Å². The highest BCUT2D eigenvalue weighted by atomic mass is 35.5. The number of aliphatic imine (C=N–C) groups is 1. The predicted molar refractivity (Wildman–Crippen MR) is 151 cm³/mol. The van der Waals surface area contributed by atoms with E-state index in [4.69, 9.17) is 36.0 Å². The van der Waals surface area contributed by atoms with Gasteiger partial charge in [-0.2, -0.15) is 13.2 Å². The molecule has 1 saturated heterocycles. The Morgan fingerprint density at radius 1 is 1.02 bits per heavy atom. The number of aliphatic carboxylic acids is 1. The molecule has 0 radical (unpaired) electrons. The third-order valence-electron chi connectivity index (χ3n) is 6.30. The van der Waals surface area contributed by atoms with E-state index in [1.54, 1.807) is 18.1 Å². The van der Waals surface area contributed by atoms with E-state index in [9.17, 15) is 13.2 Å². The summed E-state index contributed by atoms with van der Waals surface area (Å²) in [5.41, 5.74) is 1.38. The first-order valence-electron chi connectivity index (χ1n) is 12.2. The number of methoxy groups -OCH3 is 2. The van der Waals surface area contributed by atoms with Crippen LogP contribution in [0.3, 0.4) is 0 Å². The van der Waals surface area contributed by atoms with E-state index < -0.39 is 17.7 Å². The molecular formula is C27H28ClF3N4O4S. The molecule has 8 nitrogen and oxygen atoms in total. The van der Waals surface area contributed by atoms with Crippen LogP contribution < -0.4 is 19.3 Å². The van der Waals surface area contributed by atoms with Gasteiger partial charge in [0.2, 0.25) is 5.96 Å². The maximum Gasteiger partial charge on any atom is 0.416 e. The van der Waals surface area contributed by atoms with Crippen LogP contribution in [-0.2, 0) is 17.5 Å². The molecule has 0 aliphatic carbocycles. The number of guanidine groups is 1. The number of fused-ring (bicyclic) bond motifs is 1. The molecule has 1 fully saturated rings. The number of carboxylic acid groups (broad SMARTS) is 1. The molecule has 0 amide bonds. The van der Waals surface area contributed by atoms with Gasteiger partial charge in [-0.15, -0.1) is 11.3 Å². The molecule has 0 saturated carbocycles. The zero-order chi connectivity index (χ0) is 29.0. The van der Waals surface area contributed by atoms with Crippen LogP contribution in [-0.4, -0.2) is 62.3 Å². The predicted octanol–water partition coefficient (Wildman–Crippen LogP) is 6.36. The van der Waals surface area contributed by atoms with Crippen molar-refractivity contribution in [1.82, 2.24) is 4.90 Å². The number of carboxylic acids is 1. The molecule has 0 bridgehead atoms.